The number of alkyl halides is 3. The van der Waals surface area contributed by atoms with Crippen molar-refractivity contribution in [2.45, 2.75) is 45.3 Å². The summed E-state index contributed by atoms with van der Waals surface area (Å²) in [5.41, 5.74) is -1.65. The Hall–Kier alpha value is -1.83. The zero-order valence-corrected chi connectivity index (χ0v) is 16.5. The van der Waals surface area contributed by atoms with Crippen LogP contribution in [-0.4, -0.2) is 30.4 Å². The van der Waals surface area contributed by atoms with Gasteiger partial charge in [-0.15, -0.1) is 0 Å². The molecular weight excluding hydrogens is 391 g/mol. The molecule has 3 atom stereocenters. The molecule has 1 aliphatic heterocycles. The van der Waals surface area contributed by atoms with Gasteiger partial charge in [-0.05, 0) is 48.3 Å². The lowest BCUT2D eigenvalue weighted by atomic mass is 9.69. The van der Waals surface area contributed by atoms with E-state index in [1.165, 1.54) is 18.2 Å². The Labute approximate surface area is 162 Å². The molecule has 2 aliphatic carbocycles. The van der Waals surface area contributed by atoms with Crippen LogP contribution in [0.15, 0.2) is 30.3 Å². The number of hydrogen-bond donors (Lipinski definition) is 0. The summed E-state index contributed by atoms with van der Waals surface area (Å²) in [6.45, 7) is 4.15. The van der Waals surface area contributed by atoms with Crippen LogP contribution < -0.4 is 0 Å². The lowest BCUT2D eigenvalue weighted by molar-refractivity contribution is -0.137. The highest BCUT2D eigenvalue weighted by Crippen LogP contribution is 2.69. The lowest BCUT2D eigenvalue weighted by Gasteiger charge is -2.36. The van der Waals surface area contributed by atoms with Crippen molar-refractivity contribution in [1.29, 1.82) is 0 Å². The third kappa shape index (κ3) is 2.56. The molecule has 1 saturated heterocycles. The minimum Gasteiger partial charge on any atom is -0.269 e. The van der Waals surface area contributed by atoms with Crippen molar-refractivity contribution in [3.8, 4) is 0 Å². The molecule has 1 heterocycles. The number of halogens is 3. The van der Waals surface area contributed by atoms with E-state index in [4.69, 9.17) is 0 Å². The first kappa shape index (κ1) is 19.5. The van der Waals surface area contributed by atoms with Crippen molar-refractivity contribution in [3.63, 3.8) is 0 Å². The van der Waals surface area contributed by atoms with Crippen LogP contribution in [0.4, 0.5) is 13.2 Å². The minimum absolute atomic E-state index is 0.0626. The molecule has 2 saturated carbocycles. The fraction of sp³-hybridized carbons (Fsp3) is 0.550. The summed E-state index contributed by atoms with van der Waals surface area (Å²) >= 11 is 0. The summed E-state index contributed by atoms with van der Waals surface area (Å²) in [5.74, 6) is -0.465. The predicted molar refractivity (Wildman–Crippen MR) is 98.5 cm³/mol. The fourth-order valence-corrected chi connectivity index (χ4v) is 8.22. The van der Waals surface area contributed by atoms with Crippen molar-refractivity contribution in [2.24, 2.45) is 16.7 Å². The second kappa shape index (κ2) is 5.84. The molecule has 0 radical (unpaired) electrons. The van der Waals surface area contributed by atoms with Gasteiger partial charge < -0.3 is 0 Å². The molecule has 1 aromatic rings. The maximum Gasteiger partial charge on any atom is 0.416 e. The smallest absolute Gasteiger partial charge is 0.269 e. The number of nitrogens with zero attached hydrogens (tertiary/aromatic N) is 1. The number of carbonyl (C=O) groups excluding carboxylic acids is 1. The van der Waals surface area contributed by atoms with Crippen LogP contribution >= 0.6 is 0 Å². The molecule has 0 aromatic heterocycles. The molecule has 8 heteroatoms. The second-order valence-electron chi connectivity index (χ2n) is 8.67. The Morgan fingerprint density at radius 1 is 1.25 bits per heavy atom. The molecule has 152 valence electrons. The van der Waals surface area contributed by atoms with Gasteiger partial charge in [-0.2, -0.15) is 13.2 Å². The molecule has 1 aromatic carbocycles. The highest BCUT2D eigenvalue weighted by molar-refractivity contribution is 7.90. The van der Waals surface area contributed by atoms with Crippen molar-refractivity contribution in [2.75, 3.05) is 5.75 Å². The van der Waals surface area contributed by atoms with E-state index in [0.717, 1.165) is 35.4 Å². The maximum absolute atomic E-state index is 13.1. The third-order valence-electron chi connectivity index (χ3n) is 7.30. The number of sulfonamides is 1. The minimum atomic E-state index is -4.55. The Bertz CT molecular complexity index is 967. The first-order chi connectivity index (χ1) is 12.9. The molecule has 1 spiro atoms. The highest BCUT2D eigenvalue weighted by atomic mass is 32.2. The van der Waals surface area contributed by atoms with Gasteiger partial charge in [0, 0.05) is 11.5 Å². The molecule has 0 N–H and O–H groups in total. The van der Waals surface area contributed by atoms with E-state index in [0.29, 0.717) is 12.3 Å². The van der Waals surface area contributed by atoms with Crippen LogP contribution in [0.3, 0.4) is 0 Å². The summed E-state index contributed by atoms with van der Waals surface area (Å²) < 4.78 is 66.0. The molecule has 3 aliphatic rings. The van der Waals surface area contributed by atoms with Crippen LogP contribution in [0.25, 0.3) is 6.08 Å². The summed E-state index contributed by atoms with van der Waals surface area (Å²) in [4.78, 5) is 12.8. The van der Waals surface area contributed by atoms with E-state index in [9.17, 15) is 26.4 Å². The van der Waals surface area contributed by atoms with E-state index in [2.05, 4.69) is 13.8 Å². The van der Waals surface area contributed by atoms with Crippen LogP contribution in [0.5, 0.6) is 0 Å². The third-order valence-corrected chi connectivity index (χ3v) is 9.21. The molecule has 28 heavy (non-hydrogen) atoms. The number of hydrogen-bond acceptors (Lipinski definition) is 3. The number of rotatable bonds is 2. The molecule has 0 unspecified atom stereocenters. The van der Waals surface area contributed by atoms with Gasteiger partial charge in [-0.25, -0.2) is 12.7 Å². The number of carbonyl (C=O) groups is 1. The van der Waals surface area contributed by atoms with Gasteiger partial charge in [0.1, 0.15) is 0 Å². The van der Waals surface area contributed by atoms with Crippen LogP contribution in [0.1, 0.15) is 44.2 Å². The molecule has 2 bridgehead atoms. The first-order valence-electron chi connectivity index (χ1n) is 9.30. The van der Waals surface area contributed by atoms with Crippen molar-refractivity contribution in [3.05, 3.63) is 41.5 Å². The van der Waals surface area contributed by atoms with E-state index in [-0.39, 0.29) is 16.7 Å². The van der Waals surface area contributed by atoms with Crippen molar-refractivity contribution in [1.82, 2.24) is 4.31 Å². The Kier molecular flexibility index (Phi) is 4.07. The lowest BCUT2D eigenvalue weighted by Crippen LogP contribution is -2.43. The number of benzene rings is 1. The zero-order valence-electron chi connectivity index (χ0n) is 15.7. The number of amides is 1. The Morgan fingerprint density at radius 2 is 1.93 bits per heavy atom. The van der Waals surface area contributed by atoms with E-state index in [1.54, 1.807) is 0 Å². The normalized spacial score (nSPS) is 32.8. The monoisotopic (exact) mass is 413 g/mol. The van der Waals surface area contributed by atoms with E-state index < -0.39 is 39.1 Å². The van der Waals surface area contributed by atoms with Gasteiger partial charge in [0.25, 0.3) is 5.91 Å². The van der Waals surface area contributed by atoms with Crippen molar-refractivity contribution >= 4 is 22.0 Å². The summed E-state index contributed by atoms with van der Waals surface area (Å²) in [6.07, 6.45) is -0.188. The highest BCUT2D eigenvalue weighted by Gasteiger charge is 2.72. The maximum atomic E-state index is 13.1. The van der Waals surface area contributed by atoms with Gasteiger partial charge >= 0.3 is 6.18 Å². The largest absolute Gasteiger partial charge is 0.416 e. The second-order valence-corrected chi connectivity index (χ2v) is 10.5. The Morgan fingerprint density at radius 3 is 2.57 bits per heavy atom. The SMILES string of the molecule is CC1(C)[C@@H]2CC[C@]13CS(=O)(=O)N(C(=O)/C=C/c1ccccc1C(F)(F)F)[C@@H]3C2. The van der Waals surface area contributed by atoms with Gasteiger partial charge in [-0.1, -0.05) is 32.0 Å². The number of fused-ring (bicyclic) bond motifs is 1. The predicted octanol–water partition coefficient (Wildman–Crippen LogP) is 4.09. The molecule has 4 rings (SSSR count). The standard InChI is InChI=1S/C20H22F3NO3S/c1-18(2)14-9-10-19(18)12-28(26,27)24(16(19)11-14)17(25)8-7-13-5-3-4-6-15(13)20(21,22)23/h3-8,14,16H,9-12H2,1-2H3/b8-7+/t14-,16-,19-/m1/s1. The van der Waals surface area contributed by atoms with Gasteiger partial charge in [0.15, 0.2) is 0 Å². The molecule has 3 fully saturated rings. The Balaban J connectivity index is 1.66. The molecular formula is C20H22F3NO3S. The van der Waals surface area contributed by atoms with E-state index >= 15 is 0 Å². The average molecular weight is 413 g/mol. The topological polar surface area (TPSA) is 54.5 Å². The van der Waals surface area contributed by atoms with Crippen LogP contribution in [0, 0.1) is 16.7 Å². The van der Waals surface area contributed by atoms with Gasteiger partial charge in [-0.3, -0.25) is 4.79 Å². The summed E-state index contributed by atoms with van der Waals surface area (Å²) in [5, 5.41) is 0. The molecule has 1 amide bonds. The van der Waals surface area contributed by atoms with Crippen LogP contribution in [0.2, 0.25) is 0 Å². The summed E-state index contributed by atoms with van der Waals surface area (Å²) in [6, 6.07) is 4.51. The zero-order chi connectivity index (χ0) is 20.5. The van der Waals surface area contributed by atoms with Crippen LogP contribution in [-0.2, 0) is 21.0 Å². The average Bonchev–Trinajstić information content (AvgIpc) is 3.06. The van der Waals surface area contributed by atoms with Crippen molar-refractivity contribution < 1.29 is 26.4 Å². The first-order valence-corrected chi connectivity index (χ1v) is 10.9. The fourth-order valence-electron chi connectivity index (χ4n) is 5.71. The van der Waals surface area contributed by atoms with Gasteiger partial charge in [0.05, 0.1) is 17.4 Å². The molecule has 4 nitrogen and oxygen atoms in total. The van der Waals surface area contributed by atoms with E-state index in [1.807, 2.05) is 0 Å². The summed E-state index contributed by atoms with van der Waals surface area (Å²) in [7, 11) is -3.79. The quantitative estimate of drug-likeness (QED) is 0.687. The van der Waals surface area contributed by atoms with Gasteiger partial charge in [0.2, 0.25) is 10.0 Å².